The van der Waals surface area contributed by atoms with E-state index in [1.165, 1.54) is 37.8 Å². The van der Waals surface area contributed by atoms with Crippen LogP contribution in [0.4, 0.5) is 0 Å². The summed E-state index contributed by atoms with van der Waals surface area (Å²) < 4.78 is 12.2. The zero-order chi connectivity index (χ0) is 14.1. The lowest BCUT2D eigenvalue weighted by atomic mass is 10.4. The van der Waals surface area contributed by atoms with Gasteiger partial charge in [0.1, 0.15) is 0 Å². The molecule has 0 aromatic heterocycles. The van der Waals surface area contributed by atoms with E-state index in [1.807, 2.05) is 0 Å². The van der Waals surface area contributed by atoms with Crippen molar-refractivity contribution in [1.82, 2.24) is 0 Å². The highest BCUT2D eigenvalue weighted by Crippen LogP contribution is 2.22. The molecule has 0 atom stereocenters. The Morgan fingerprint density at radius 1 is 0.667 bits per heavy atom. The van der Waals surface area contributed by atoms with E-state index in [4.69, 9.17) is 8.85 Å². The SMILES string of the molecule is CCCCO[Si](C)(C)CC[Si](C)(C)OCCCC. The quantitative estimate of drug-likeness (QED) is 0.392. The molecule has 0 radical (unpaired) electrons. The maximum absolute atomic E-state index is 6.10. The lowest BCUT2D eigenvalue weighted by Crippen LogP contribution is -2.37. The first-order valence-electron chi connectivity index (χ1n) is 7.61. The van der Waals surface area contributed by atoms with Gasteiger partial charge in [-0.2, -0.15) is 0 Å². The van der Waals surface area contributed by atoms with Crippen molar-refractivity contribution < 1.29 is 8.85 Å². The number of hydrogen-bond donors (Lipinski definition) is 0. The Bertz CT molecular complexity index is 184. The largest absolute Gasteiger partial charge is 0.417 e. The monoisotopic (exact) mass is 290 g/mol. The maximum atomic E-state index is 6.10. The van der Waals surface area contributed by atoms with Crippen LogP contribution in [-0.2, 0) is 8.85 Å². The summed E-state index contributed by atoms with van der Waals surface area (Å²) >= 11 is 0. The number of unbranched alkanes of at least 4 members (excludes halogenated alkanes) is 2. The van der Waals surface area contributed by atoms with Gasteiger partial charge in [-0.15, -0.1) is 0 Å². The van der Waals surface area contributed by atoms with E-state index in [-0.39, 0.29) is 0 Å². The number of rotatable bonds is 11. The van der Waals surface area contributed by atoms with Gasteiger partial charge in [0.15, 0.2) is 16.6 Å². The van der Waals surface area contributed by atoms with E-state index in [9.17, 15) is 0 Å². The molecule has 4 heteroatoms. The van der Waals surface area contributed by atoms with Crippen LogP contribution in [-0.4, -0.2) is 29.8 Å². The Balaban J connectivity index is 3.88. The van der Waals surface area contributed by atoms with Crippen molar-refractivity contribution in [3.8, 4) is 0 Å². The lowest BCUT2D eigenvalue weighted by Gasteiger charge is -2.28. The Morgan fingerprint density at radius 3 is 1.28 bits per heavy atom. The van der Waals surface area contributed by atoms with Crippen LogP contribution in [0.15, 0.2) is 0 Å². The third-order valence-corrected chi connectivity index (χ3v) is 8.69. The van der Waals surface area contributed by atoms with Crippen molar-refractivity contribution in [3.63, 3.8) is 0 Å². The van der Waals surface area contributed by atoms with Gasteiger partial charge in [0.2, 0.25) is 0 Å². The van der Waals surface area contributed by atoms with Crippen LogP contribution in [0.1, 0.15) is 39.5 Å². The fourth-order valence-corrected chi connectivity index (χ4v) is 8.23. The molecule has 0 aliphatic heterocycles. The van der Waals surface area contributed by atoms with Crippen LogP contribution in [0.5, 0.6) is 0 Å². The first kappa shape index (κ1) is 18.4. The topological polar surface area (TPSA) is 18.5 Å². The van der Waals surface area contributed by atoms with Crippen LogP contribution >= 0.6 is 0 Å². The van der Waals surface area contributed by atoms with Crippen LogP contribution in [0.3, 0.4) is 0 Å². The molecule has 18 heavy (non-hydrogen) atoms. The van der Waals surface area contributed by atoms with Gasteiger partial charge in [-0.1, -0.05) is 26.7 Å². The summed E-state index contributed by atoms with van der Waals surface area (Å²) in [5, 5.41) is 0. The molecule has 0 aromatic rings. The van der Waals surface area contributed by atoms with Gasteiger partial charge in [-0.3, -0.25) is 0 Å². The molecule has 0 aliphatic carbocycles. The maximum Gasteiger partial charge on any atom is 0.186 e. The van der Waals surface area contributed by atoms with E-state index in [0.29, 0.717) is 0 Å². The predicted molar refractivity (Wildman–Crippen MR) is 86.3 cm³/mol. The van der Waals surface area contributed by atoms with E-state index < -0.39 is 16.6 Å². The van der Waals surface area contributed by atoms with Gasteiger partial charge in [-0.25, -0.2) is 0 Å². The normalized spacial score (nSPS) is 13.0. The molecule has 0 fully saturated rings. The highest BCUT2D eigenvalue weighted by atomic mass is 28.4. The fraction of sp³-hybridized carbons (Fsp3) is 1.00. The van der Waals surface area contributed by atoms with Crippen LogP contribution in [0.2, 0.25) is 38.3 Å². The van der Waals surface area contributed by atoms with Gasteiger partial charge in [0.05, 0.1) is 0 Å². The molecule has 0 saturated carbocycles. The average Bonchev–Trinajstić information content (AvgIpc) is 2.27. The first-order chi connectivity index (χ1) is 8.33. The van der Waals surface area contributed by atoms with Gasteiger partial charge in [-0.05, 0) is 51.1 Å². The molecule has 0 bridgehead atoms. The summed E-state index contributed by atoms with van der Waals surface area (Å²) in [5.74, 6) is 0. The Hall–Kier alpha value is 0.354. The predicted octanol–water partition coefficient (Wildman–Crippen LogP) is 5.03. The fourth-order valence-electron chi connectivity index (χ4n) is 1.73. The molecule has 0 unspecified atom stereocenters. The summed E-state index contributed by atoms with van der Waals surface area (Å²) in [6.45, 7) is 15.7. The molecular formula is C14H34O2Si2. The average molecular weight is 291 g/mol. The van der Waals surface area contributed by atoms with Crippen LogP contribution in [0.25, 0.3) is 0 Å². The van der Waals surface area contributed by atoms with Gasteiger partial charge >= 0.3 is 0 Å². The molecule has 0 aromatic carbocycles. The Labute approximate surface area is 117 Å². The van der Waals surface area contributed by atoms with Crippen molar-refractivity contribution in [2.45, 2.75) is 77.8 Å². The summed E-state index contributed by atoms with van der Waals surface area (Å²) in [5.41, 5.74) is 0. The Kier molecular flexibility index (Phi) is 9.47. The van der Waals surface area contributed by atoms with Gasteiger partial charge in [0.25, 0.3) is 0 Å². The molecule has 0 heterocycles. The third kappa shape index (κ3) is 10.3. The second-order valence-corrected chi connectivity index (χ2v) is 15.0. The molecule has 2 nitrogen and oxygen atoms in total. The zero-order valence-electron chi connectivity index (χ0n) is 13.5. The standard InChI is InChI=1S/C14H34O2Si2/c1-7-9-11-15-17(3,4)13-14-18(5,6)16-12-10-8-2/h7-14H2,1-6H3. The molecule has 0 rings (SSSR count). The van der Waals surface area contributed by atoms with E-state index in [0.717, 1.165) is 13.2 Å². The summed E-state index contributed by atoms with van der Waals surface area (Å²) in [4.78, 5) is 0. The third-order valence-electron chi connectivity index (χ3n) is 3.31. The zero-order valence-corrected chi connectivity index (χ0v) is 15.5. The summed E-state index contributed by atoms with van der Waals surface area (Å²) in [6.07, 6.45) is 4.85. The second kappa shape index (κ2) is 9.29. The van der Waals surface area contributed by atoms with Crippen LogP contribution < -0.4 is 0 Å². The van der Waals surface area contributed by atoms with Gasteiger partial charge in [0, 0.05) is 13.2 Å². The van der Waals surface area contributed by atoms with Crippen molar-refractivity contribution in [2.75, 3.05) is 13.2 Å². The molecule has 110 valence electrons. The molecule has 0 saturated heterocycles. The highest BCUT2D eigenvalue weighted by Gasteiger charge is 2.29. The van der Waals surface area contributed by atoms with Gasteiger partial charge < -0.3 is 8.85 Å². The van der Waals surface area contributed by atoms with E-state index >= 15 is 0 Å². The van der Waals surface area contributed by atoms with Crippen molar-refractivity contribution in [2.24, 2.45) is 0 Å². The molecule has 0 N–H and O–H groups in total. The Morgan fingerprint density at radius 2 is 1.00 bits per heavy atom. The molecule has 0 aliphatic rings. The van der Waals surface area contributed by atoms with E-state index in [1.54, 1.807) is 0 Å². The summed E-state index contributed by atoms with van der Waals surface area (Å²) in [6, 6.07) is 2.50. The minimum Gasteiger partial charge on any atom is -0.417 e. The highest BCUT2D eigenvalue weighted by molar-refractivity contribution is 6.76. The minimum atomic E-state index is -1.44. The first-order valence-corrected chi connectivity index (χ1v) is 13.8. The summed E-state index contributed by atoms with van der Waals surface area (Å²) in [7, 11) is -2.89. The van der Waals surface area contributed by atoms with Crippen LogP contribution in [0, 0.1) is 0 Å². The molecule has 0 amide bonds. The van der Waals surface area contributed by atoms with Crippen molar-refractivity contribution in [3.05, 3.63) is 0 Å². The van der Waals surface area contributed by atoms with Crippen molar-refractivity contribution >= 4 is 16.6 Å². The number of hydrogen-bond acceptors (Lipinski definition) is 2. The molecule has 0 spiro atoms. The lowest BCUT2D eigenvalue weighted by molar-refractivity contribution is 0.291. The minimum absolute atomic E-state index is 0.953. The molecular weight excluding hydrogens is 256 g/mol. The smallest absolute Gasteiger partial charge is 0.186 e. The second-order valence-electron chi connectivity index (χ2n) is 6.42. The van der Waals surface area contributed by atoms with E-state index in [2.05, 4.69) is 40.0 Å². The van der Waals surface area contributed by atoms with Crippen molar-refractivity contribution in [1.29, 1.82) is 0 Å².